The van der Waals surface area contributed by atoms with Gasteiger partial charge in [0.1, 0.15) is 0 Å². The van der Waals surface area contributed by atoms with Gasteiger partial charge in [0.05, 0.1) is 21.0 Å². The first-order valence-corrected chi connectivity index (χ1v) is 11.0. The van der Waals surface area contributed by atoms with E-state index in [0.29, 0.717) is 21.1 Å². The molecule has 0 fully saturated rings. The molecule has 0 saturated carbocycles. The molecule has 148 valence electrons. The second-order valence-electron chi connectivity index (χ2n) is 6.49. The number of sulfone groups is 1. The van der Waals surface area contributed by atoms with Crippen LogP contribution in [0.1, 0.15) is 19.8 Å². The quantitative estimate of drug-likeness (QED) is 0.786. The van der Waals surface area contributed by atoms with Crippen molar-refractivity contribution in [2.45, 2.75) is 24.7 Å². The Morgan fingerprint density at radius 2 is 2.04 bits per heavy atom. The Bertz CT molecular complexity index is 1120. The number of anilines is 1. The maximum absolute atomic E-state index is 12.2. The summed E-state index contributed by atoms with van der Waals surface area (Å²) in [6.45, 7) is 1.60. The molecule has 2 heterocycles. The van der Waals surface area contributed by atoms with Crippen LogP contribution in [0.2, 0.25) is 0 Å². The summed E-state index contributed by atoms with van der Waals surface area (Å²) < 4.78 is 23.9. The highest BCUT2D eigenvalue weighted by Gasteiger charge is 2.33. The summed E-state index contributed by atoms with van der Waals surface area (Å²) in [5, 5.41) is 3.01. The maximum atomic E-state index is 12.2. The van der Waals surface area contributed by atoms with E-state index in [0.717, 1.165) is 11.2 Å². The number of urea groups is 1. The van der Waals surface area contributed by atoms with Gasteiger partial charge in [0.25, 0.3) is 0 Å². The van der Waals surface area contributed by atoms with Gasteiger partial charge in [-0.05, 0) is 31.5 Å². The predicted octanol–water partition coefficient (Wildman–Crippen LogP) is 2.09. The average Bonchev–Trinajstić information content (AvgIpc) is 3.00. The van der Waals surface area contributed by atoms with Gasteiger partial charge in [0, 0.05) is 25.4 Å². The molecule has 1 aromatic heterocycles. The van der Waals surface area contributed by atoms with Crippen LogP contribution < -0.4 is 5.32 Å². The van der Waals surface area contributed by atoms with E-state index >= 15 is 0 Å². The minimum absolute atomic E-state index is 0.0514. The van der Waals surface area contributed by atoms with Crippen molar-refractivity contribution in [3.05, 3.63) is 18.2 Å². The number of carbonyl (C=O) groups is 3. The Hall–Kier alpha value is -2.66. The van der Waals surface area contributed by atoms with E-state index in [2.05, 4.69) is 15.3 Å². The number of rotatable bonds is 5. The van der Waals surface area contributed by atoms with Gasteiger partial charge in [0.15, 0.2) is 15.0 Å². The minimum Gasteiger partial charge on any atom is -0.302 e. The third kappa shape index (κ3) is 4.09. The third-order valence-electron chi connectivity index (χ3n) is 4.39. The maximum Gasteiger partial charge on any atom is 0.349 e. The van der Waals surface area contributed by atoms with E-state index in [1.165, 1.54) is 30.5 Å². The molecule has 4 amide bonds. The van der Waals surface area contributed by atoms with Crippen molar-refractivity contribution in [2.75, 3.05) is 18.6 Å². The van der Waals surface area contributed by atoms with Gasteiger partial charge in [-0.2, -0.15) is 0 Å². The summed E-state index contributed by atoms with van der Waals surface area (Å²) in [4.78, 5) is 45.1. The molecule has 0 saturated heterocycles. The first-order valence-electron chi connectivity index (χ1n) is 8.33. The van der Waals surface area contributed by atoms with E-state index in [1.807, 2.05) is 0 Å². The lowest BCUT2D eigenvalue weighted by atomic mass is 9.95. The van der Waals surface area contributed by atoms with Crippen molar-refractivity contribution in [1.82, 2.24) is 9.88 Å². The second-order valence-corrected chi connectivity index (χ2v) is 9.54. The summed E-state index contributed by atoms with van der Waals surface area (Å²) in [6, 6.07) is 3.97. The number of amides is 4. The van der Waals surface area contributed by atoms with Gasteiger partial charge in [-0.25, -0.2) is 23.2 Å². The molecule has 1 aliphatic heterocycles. The molecule has 0 aliphatic carbocycles. The number of benzene rings is 1. The number of hydrogen-bond donors (Lipinski definition) is 1. The van der Waals surface area contributed by atoms with Crippen LogP contribution in [0.25, 0.3) is 10.2 Å². The van der Waals surface area contributed by atoms with Crippen LogP contribution in [0.3, 0.4) is 0 Å². The Balaban J connectivity index is 1.67. The number of imide groups is 1. The van der Waals surface area contributed by atoms with E-state index in [9.17, 15) is 22.8 Å². The molecule has 1 unspecified atom stereocenters. The number of nitrogens with one attached hydrogen (secondary N) is 1. The summed E-state index contributed by atoms with van der Waals surface area (Å²) in [7, 11) is -1.97. The first-order chi connectivity index (χ1) is 13.1. The molecule has 2 aromatic rings. The monoisotopic (exact) mass is 422 g/mol. The highest BCUT2D eigenvalue weighted by molar-refractivity contribution is 7.90. The zero-order chi connectivity index (χ0) is 20.6. The van der Waals surface area contributed by atoms with Gasteiger partial charge in [-0.15, -0.1) is 0 Å². The minimum atomic E-state index is -3.33. The van der Waals surface area contributed by atoms with E-state index in [-0.39, 0.29) is 29.6 Å². The third-order valence-corrected chi connectivity index (χ3v) is 6.43. The molecule has 28 heavy (non-hydrogen) atoms. The molecule has 0 bridgehead atoms. The normalized spacial score (nSPS) is 17.8. The largest absolute Gasteiger partial charge is 0.349 e. The first kappa shape index (κ1) is 20.1. The number of hydrogen-bond acceptors (Lipinski definition) is 7. The smallest absolute Gasteiger partial charge is 0.302 e. The molecule has 11 heteroatoms. The number of fused-ring (bicyclic) bond motifs is 1. The SMILES string of the molecule is CC1=NC(=O)N(C)C(=O)C1CCC(=O)Nc1nc2ccc(S(C)(=O)=O)cc2s1. The zero-order valence-electron chi connectivity index (χ0n) is 15.4. The van der Waals surface area contributed by atoms with Crippen molar-refractivity contribution in [3.8, 4) is 0 Å². The number of aromatic nitrogens is 1. The molecule has 1 atom stereocenters. The van der Waals surface area contributed by atoms with Crippen LogP contribution in [0.15, 0.2) is 28.1 Å². The number of nitrogens with zero attached hydrogens (tertiary/aromatic N) is 3. The fraction of sp³-hybridized carbons (Fsp3) is 0.353. The number of carbonyl (C=O) groups excluding carboxylic acids is 3. The van der Waals surface area contributed by atoms with E-state index in [4.69, 9.17) is 0 Å². The Labute approximate surface area is 165 Å². The van der Waals surface area contributed by atoms with Crippen LogP contribution in [-0.4, -0.2) is 55.2 Å². The van der Waals surface area contributed by atoms with Gasteiger partial charge in [-0.1, -0.05) is 11.3 Å². The average molecular weight is 422 g/mol. The summed E-state index contributed by atoms with van der Waals surface area (Å²) in [5.74, 6) is -1.32. The fourth-order valence-electron chi connectivity index (χ4n) is 2.79. The van der Waals surface area contributed by atoms with Gasteiger partial charge >= 0.3 is 6.03 Å². The molecule has 0 radical (unpaired) electrons. The summed E-state index contributed by atoms with van der Waals surface area (Å²) in [5.41, 5.74) is 0.979. The molecule has 1 aromatic carbocycles. The molecule has 9 nitrogen and oxygen atoms in total. The van der Waals surface area contributed by atoms with Crippen molar-refractivity contribution < 1.29 is 22.8 Å². The lowest BCUT2D eigenvalue weighted by Crippen LogP contribution is -2.43. The Kier molecular flexibility index (Phi) is 5.31. The molecular formula is C17H18N4O5S2. The van der Waals surface area contributed by atoms with Crippen LogP contribution in [-0.2, 0) is 19.4 Å². The van der Waals surface area contributed by atoms with Crippen LogP contribution in [0, 0.1) is 5.92 Å². The van der Waals surface area contributed by atoms with Crippen molar-refractivity contribution in [2.24, 2.45) is 10.9 Å². The highest BCUT2D eigenvalue weighted by Crippen LogP contribution is 2.28. The highest BCUT2D eigenvalue weighted by atomic mass is 32.2. The van der Waals surface area contributed by atoms with Crippen LogP contribution in [0.4, 0.5) is 9.93 Å². The van der Waals surface area contributed by atoms with Gasteiger partial charge < -0.3 is 5.32 Å². The lowest BCUT2D eigenvalue weighted by Gasteiger charge is -2.25. The number of thiazole rings is 1. The van der Waals surface area contributed by atoms with E-state index in [1.54, 1.807) is 13.0 Å². The number of aliphatic imine (C=N–C) groups is 1. The zero-order valence-corrected chi connectivity index (χ0v) is 17.1. The summed E-state index contributed by atoms with van der Waals surface area (Å²) >= 11 is 1.17. The molecule has 0 spiro atoms. The molecule has 1 aliphatic rings. The van der Waals surface area contributed by atoms with Crippen molar-refractivity contribution in [1.29, 1.82) is 0 Å². The van der Waals surface area contributed by atoms with Gasteiger partial charge in [0.2, 0.25) is 11.8 Å². The topological polar surface area (TPSA) is 126 Å². The lowest BCUT2D eigenvalue weighted by molar-refractivity contribution is -0.129. The molecule has 3 rings (SSSR count). The van der Waals surface area contributed by atoms with Crippen LogP contribution in [0.5, 0.6) is 0 Å². The standard InChI is InChI=1S/C17H18N4O5S2/c1-9-11(15(23)21(2)17(24)18-9)5-7-14(22)20-16-19-12-6-4-10(28(3,25)26)8-13(12)27-16/h4,6,8,11H,5,7H2,1-3H3,(H,19,20,22). The van der Waals surface area contributed by atoms with Crippen molar-refractivity contribution in [3.63, 3.8) is 0 Å². The molecule has 1 N–H and O–H groups in total. The Morgan fingerprint density at radius 1 is 1.32 bits per heavy atom. The van der Waals surface area contributed by atoms with Crippen molar-refractivity contribution >= 4 is 60.1 Å². The van der Waals surface area contributed by atoms with E-state index < -0.39 is 21.8 Å². The predicted molar refractivity (Wildman–Crippen MR) is 105 cm³/mol. The fourth-order valence-corrected chi connectivity index (χ4v) is 4.43. The Morgan fingerprint density at radius 3 is 2.71 bits per heavy atom. The molecular weight excluding hydrogens is 404 g/mol. The summed E-state index contributed by atoms with van der Waals surface area (Å²) in [6.07, 6.45) is 1.40. The van der Waals surface area contributed by atoms with Crippen LogP contribution >= 0.6 is 11.3 Å². The van der Waals surface area contributed by atoms with Gasteiger partial charge in [-0.3, -0.25) is 14.5 Å². The second kappa shape index (κ2) is 7.40.